The Hall–Kier alpha value is -1.76. The molecule has 0 aromatic heterocycles. The van der Waals surface area contributed by atoms with Gasteiger partial charge in [-0.3, -0.25) is 5.32 Å². The number of halogens is 1. The van der Waals surface area contributed by atoms with Crippen LogP contribution in [0.5, 0.6) is 0 Å². The Balaban J connectivity index is 1.76. The van der Waals surface area contributed by atoms with Gasteiger partial charge in [-0.2, -0.15) is 4.72 Å². The number of rotatable bonds is 4. The minimum atomic E-state index is -3.45. The van der Waals surface area contributed by atoms with Crippen molar-refractivity contribution in [2.75, 3.05) is 0 Å². The van der Waals surface area contributed by atoms with Gasteiger partial charge in [0.05, 0.1) is 6.17 Å². The maximum absolute atomic E-state index is 13.2. The number of aryl methyl sites for hydroxylation is 1. The van der Waals surface area contributed by atoms with Crippen LogP contribution < -0.4 is 10.0 Å². The maximum Gasteiger partial charge on any atom is 0.220 e. The molecule has 2 aromatic carbocycles. The van der Waals surface area contributed by atoms with Crippen molar-refractivity contribution in [1.29, 1.82) is 0 Å². The van der Waals surface area contributed by atoms with E-state index in [4.69, 9.17) is 0 Å². The van der Waals surface area contributed by atoms with E-state index in [1.807, 2.05) is 44.2 Å². The first-order valence-corrected chi connectivity index (χ1v) is 9.47. The lowest BCUT2D eigenvalue weighted by molar-refractivity contribution is 0.381. The Morgan fingerprint density at radius 3 is 2.54 bits per heavy atom. The topological polar surface area (TPSA) is 58.2 Å². The van der Waals surface area contributed by atoms with Crippen LogP contribution in [0.2, 0.25) is 0 Å². The third-order valence-corrected chi connectivity index (χ3v) is 6.40. The molecule has 2 N–H and O–H groups in total. The van der Waals surface area contributed by atoms with Crippen LogP contribution in [0, 0.1) is 18.7 Å². The average molecular weight is 348 g/mol. The molecule has 1 aliphatic heterocycles. The summed E-state index contributed by atoms with van der Waals surface area (Å²) >= 11 is 0. The minimum absolute atomic E-state index is 0.147. The van der Waals surface area contributed by atoms with E-state index in [2.05, 4.69) is 10.0 Å². The normalized spacial score (nSPS) is 25.7. The van der Waals surface area contributed by atoms with E-state index < -0.39 is 15.3 Å². The first kappa shape index (κ1) is 17.1. The predicted molar refractivity (Wildman–Crippen MR) is 92.2 cm³/mol. The Morgan fingerprint density at radius 2 is 1.88 bits per heavy atom. The maximum atomic E-state index is 13.2. The summed E-state index contributed by atoms with van der Waals surface area (Å²) in [5.41, 5.74) is 2.66. The largest absolute Gasteiger partial charge is 0.297 e. The van der Waals surface area contributed by atoms with Crippen molar-refractivity contribution in [3.8, 4) is 0 Å². The summed E-state index contributed by atoms with van der Waals surface area (Å²) in [5, 5.41) is 2.59. The molecule has 0 radical (unpaired) electrons. The van der Waals surface area contributed by atoms with E-state index in [0.717, 1.165) is 16.7 Å². The molecular weight excluding hydrogens is 327 g/mol. The number of benzene rings is 2. The van der Waals surface area contributed by atoms with Gasteiger partial charge in [0.1, 0.15) is 11.1 Å². The van der Waals surface area contributed by atoms with Gasteiger partial charge in [0.25, 0.3) is 0 Å². The van der Waals surface area contributed by atoms with Crippen LogP contribution in [-0.4, -0.2) is 14.6 Å². The zero-order valence-corrected chi connectivity index (χ0v) is 14.5. The van der Waals surface area contributed by atoms with Crippen LogP contribution in [0.15, 0.2) is 48.5 Å². The van der Waals surface area contributed by atoms with Gasteiger partial charge in [0.15, 0.2) is 0 Å². The van der Waals surface area contributed by atoms with Crippen molar-refractivity contribution in [2.24, 2.45) is 5.92 Å². The fourth-order valence-electron chi connectivity index (χ4n) is 3.16. The molecule has 0 bridgehead atoms. The van der Waals surface area contributed by atoms with Crippen LogP contribution >= 0.6 is 0 Å². The first-order chi connectivity index (χ1) is 11.4. The second-order valence-corrected chi connectivity index (χ2v) is 8.18. The van der Waals surface area contributed by atoms with Gasteiger partial charge in [0.2, 0.25) is 10.0 Å². The highest BCUT2D eigenvalue weighted by Crippen LogP contribution is 2.36. The minimum Gasteiger partial charge on any atom is -0.297 e. The molecule has 1 fully saturated rings. The molecule has 0 amide bonds. The Bertz CT molecular complexity index is 821. The Morgan fingerprint density at radius 1 is 1.17 bits per heavy atom. The second-order valence-electron chi connectivity index (χ2n) is 6.34. The molecule has 1 heterocycles. The number of sulfonamides is 1. The zero-order chi connectivity index (χ0) is 17.3. The highest BCUT2D eigenvalue weighted by molar-refractivity contribution is 7.90. The standard InChI is InChI=1S/C18H21FN2O2S/c1-12-6-8-15(9-7-12)17-13(2)18(21-24(17,22)23)20-11-14-4-3-5-16(19)10-14/h3-10,13,17-18,20-21H,11H2,1-2H3. The highest BCUT2D eigenvalue weighted by atomic mass is 32.2. The fourth-order valence-corrected chi connectivity index (χ4v) is 5.19. The molecule has 2 aromatic rings. The summed E-state index contributed by atoms with van der Waals surface area (Å²) in [6.07, 6.45) is -0.385. The molecule has 3 unspecified atom stereocenters. The highest BCUT2D eigenvalue weighted by Gasteiger charge is 2.44. The van der Waals surface area contributed by atoms with E-state index in [9.17, 15) is 12.8 Å². The number of hydrogen-bond donors (Lipinski definition) is 2. The van der Waals surface area contributed by atoms with Gasteiger partial charge in [-0.05, 0) is 30.2 Å². The van der Waals surface area contributed by atoms with Crippen LogP contribution in [-0.2, 0) is 16.6 Å². The Kier molecular flexibility index (Phi) is 4.71. The van der Waals surface area contributed by atoms with Gasteiger partial charge in [0, 0.05) is 12.5 Å². The van der Waals surface area contributed by atoms with Gasteiger partial charge >= 0.3 is 0 Å². The zero-order valence-electron chi connectivity index (χ0n) is 13.7. The SMILES string of the molecule is Cc1ccc(C2C(C)C(NCc3cccc(F)c3)NS2(=O)=O)cc1. The smallest absolute Gasteiger partial charge is 0.220 e. The molecule has 0 saturated carbocycles. The first-order valence-electron chi connectivity index (χ1n) is 7.92. The van der Waals surface area contributed by atoms with Crippen LogP contribution in [0.3, 0.4) is 0 Å². The lowest BCUT2D eigenvalue weighted by atomic mass is 9.97. The van der Waals surface area contributed by atoms with Crippen molar-refractivity contribution < 1.29 is 12.8 Å². The van der Waals surface area contributed by atoms with Crippen molar-refractivity contribution in [1.82, 2.24) is 10.0 Å². The number of hydrogen-bond acceptors (Lipinski definition) is 3. The molecule has 0 spiro atoms. The molecular formula is C18H21FN2O2S. The molecule has 0 aliphatic carbocycles. The van der Waals surface area contributed by atoms with E-state index in [-0.39, 0.29) is 17.9 Å². The van der Waals surface area contributed by atoms with Crippen molar-refractivity contribution in [2.45, 2.75) is 31.8 Å². The van der Waals surface area contributed by atoms with Crippen molar-refractivity contribution in [3.63, 3.8) is 0 Å². The molecule has 3 rings (SSSR count). The van der Waals surface area contributed by atoms with E-state index in [0.29, 0.717) is 6.54 Å². The molecule has 6 heteroatoms. The molecule has 3 atom stereocenters. The predicted octanol–water partition coefficient (Wildman–Crippen LogP) is 2.86. The summed E-state index contributed by atoms with van der Waals surface area (Å²) in [6.45, 7) is 4.28. The molecule has 128 valence electrons. The third kappa shape index (κ3) is 3.50. The quantitative estimate of drug-likeness (QED) is 0.893. The molecule has 24 heavy (non-hydrogen) atoms. The summed E-state index contributed by atoms with van der Waals surface area (Å²) in [4.78, 5) is 0. The second kappa shape index (κ2) is 6.63. The third-order valence-electron chi connectivity index (χ3n) is 4.45. The van der Waals surface area contributed by atoms with E-state index >= 15 is 0 Å². The summed E-state index contributed by atoms with van der Waals surface area (Å²) in [5.74, 6) is -0.446. The molecule has 4 nitrogen and oxygen atoms in total. The summed E-state index contributed by atoms with van der Waals surface area (Å²) in [7, 11) is -3.45. The van der Waals surface area contributed by atoms with Gasteiger partial charge in [-0.15, -0.1) is 0 Å². The fraction of sp³-hybridized carbons (Fsp3) is 0.333. The van der Waals surface area contributed by atoms with Crippen molar-refractivity contribution >= 4 is 10.0 Å². The van der Waals surface area contributed by atoms with Crippen molar-refractivity contribution in [3.05, 3.63) is 71.0 Å². The van der Waals surface area contributed by atoms with E-state index in [1.54, 1.807) is 6.07 Å². The summed E-state index contributed by atoms with van der Waals surface area (Å²) < 4.78 is 41.0. The van der Waals surface area contributed by atoms with Gasteiger partial charge in [-0.1, -0.05) is 48.9 Å². The lowest BCUT2D eigenvalue weighted by Gasteiger charge is -2.19. The monoisotopic (exact) mass is 348 g/mol. The molecule has 1 aliphatic rings. The number of nitrogens with one attached hydrogen (secondary N) is 2. The van der Waals surface area contributed by atoms with E-state index in [1.165, 1.54) is 12.1 Å². The van der Waals surface area contributed by atoms with Gasteiger partial charge in [-0.25, -0.2) is 12.8 Å². The van der Waals surface area contributed by atoms with Crippen LogP contribution in [0.4, 0.5) is 4.39 Å². The summed E-state index contributed by atoms with van der Waals surface area (Å²) in [6, 6.07) is 13.9. The molecule has 1 saturated heterocycles. The van der Waals surface area contributed by atoms with Gasteiger partial charge < -0.3 is 0 Å². The Labute approximate surface area is 142 Å². The van der Waals surface area contributed by atoms with Crippen LogP contribution in [0.25, 0.3) is 0 Å². The van der Waals surface area contributed by atoms with Crippen LogP contribution in [0.1, 0.15) is 28.9 Å². The lowest BCUT2D eigenvalue weighted by Crippen LogP contribution is -2.41. The average Bonchev–Trinajstić information content (AvgIpc) is 2.76.